The molecule has 1 heterocycles. The zero-order valence-electron chi connectivity index (χ0n) is 11.2. The summed E-state index contributed by atoms with van der Waals surface area (Å²) >= 11 is 9.12. The molecule has 0 bridgehead atoms. The summed E-state index contributed by atoms with van der Waals surface area (Å²) in [5, 5.41) is 0.446. The molecule has 2 aromatic rings. The lowest BCUT2D eigenvalue weighted by Gasteiger charge is -2.20. The normalized spacial score (nSPS) is 13.7. The molecule has 0 atom stereocenters. The number of hydrogen-bond acceptors (Lipinski definition) is 4. The van der Waals surface area contributed by atoms with E-state index in [0.29, 0.717) is 39.9 Å². The van der Waals surface area contributed by atoms with E-state index in [2.05, 4.69) is 20.7 Å². The van der Waals surface area contributed by atoms with Gasteiger partial charge in [-0.05, 0) is 40.2 Å². The molecule has 1 N–H and O–H groups in total. The Balaban J connectivity index is 1.98. The fourth-order valence-corrected chi connectivity index (χ4v) is 4.29. The average molecular weight is 405 g/mol. The number of sulfonamides is 1. The van der Waals surface area contributed by atoms with Crippen LogP contribution < -0.4 is 14.2 Å². The summed E-state index contributed by atoms with van der Waals surface area (Å²) in [6.07, 6.45) is 0. The predicted molar refractivity (Wildman–Crippen MR) is 87.4 cm³/mol. The number of benzene rings is 2. The molecule has 5 nitrogen and oxygen atoms in total. The van der Waals surface area contributed by atoms with Gasteiger partial charge in [-0.3, -0.25) is 4.72 Å². The fraction of sp³-hybridized carbons (Fsp3) is 0.143. The molecule has 0 saturated heterocycles. The molecule has 0 aromatic heterocycles. The van der Waals surface area contributed by atoms with Crippen molar-refractivity contribution in [3.63, 3.8) is 0 Å². The molecule has 0 saturated carbocycles. The Morgan fingerprint density at radius 2 is 1.77 bits per heavy atom. The van der Waals surface area contributed by atoms with E-state index in [1.807, 2.05) is 0 Å². The minimum atomic E-state index is -3.79. The maximum Gasteiger partial charge on any atom is 0.263 e. The molecule has 3 rings (SSSR count). The molecular formula is C14H11BrClNO4S. The van der Waals surface area contributed by atoms with Gasteiger partial charge in [0.25, 0.3) is 10.0 Å². The molecule has 2 aromatic carbocycles. The van der Waals surface area contributed by atoms with Crippen LogP contribution in [0.25, 0.3) is 0 Å². The molecule has 0 amide bonds. The summed E-state index contributed by atoms with van der Waals surface area (Å²) in [5.41, 5.74) is 0.384. The molecule has 0 spiro atoms. The Morgan fingerprint density at radius 1 is 1.09 bits per heavy atom. The van der Waals surface area contributed by atoms with Crippen LogP contribution >= 0.6 is 27.5 Å². The van der Waals surface area contributed by atoms with Gasteiger partial charge in [0.05, 0.1) is 5.69 Å². The molecule has 0 unspecified atom stereocenters. The van der Waals surface area contributed by atoms with Gasteiger partial charge < -0.3 is 9.47 Å². The van der Waals surface area contributed by atoms with Crippen molar-refractivity contribution in [3.05, 3.63) is 45.9 Å². The van der Waals surface area contributed by atoms with Crippen LogP contribution in [-0.2, 0) is 10.0 Å². The van der Waals surface area contributed by atoms with Crippen molar-refractivity contribution in [2.24, 2.45) is 0 Å². The summed E-state index contributed by atoms with van der Waals surface area (Å²) in [6, 6.07) is 9.51. The lowest BCUT2D eigenvalue weighted by Crippen LogP contribution is -2.18. The molecule has 0 aliphatic carbocycles. The smallest absolute Gasteiger partial charge is 0.263 e. The van der Waals surface area contributed by atoms with Gasteiger partial charge in [0.1, 0.15) is 18.1 Å². The molecule has 1 aliphatic rings. The Kier molecular flexibility index (Phi) is 4.20. The van der Waals surface area contributed by atoms with E-state index in [4.69, 9.17) is 21.1 Å². The highest BCUT2D eigenvalue weighted by Crippen LogP contribution is 2.38. The van der Waals surface area contributed by atoms with E-state index >= 15 is 0 Å². The zero-order chi connectivity index (χ0) is 15.7. The van der Waals surface area contributed by atoms with E-state index < -0.39 is 10.0 Å². The number of hydrogen-bond donors (Lipinski definition) is 1. The van der Waals surface area contributed by atoms with Gasteiger partial charge in [0.2, 0.25) is 0 Å². The van der Waals surface area contributed by atoms with Gasteiger partial charge in [-0.2, -0.15) is 0 Å². The Hall–Kier alpha value is -1.44. The summed E-state index contributed by atoms with van der Waals surface area (Å²) in [7, 11) is -3.79. The van der Waals surface area contributed by atoms with Crippen LogP contribution in [0.1, 0.15) is 0 Å². The van der Waals surface area contributed by atoms with Gasteiger partial charge in [-0.15, -0.1) is 0 Å². The number of anilines is 1. The van der Waals surface area contributed by atoms with E-state index in [0.717, 1.165) is 0 Å². The van der Waals surface area contributed by atoms with Gasteiger partial charge in [0.15, 0.2) is 11.5 Å². The second-order valence-corrected chi connectivity index (χ2v) is 7.48. The van der Waals surface area contributed by atoms with E-state index in [-0.39, 0.29) is 4.90 Å². The molecule has 0 radical (unpaired) electrons. The standard InChI is InChI=1S/C14H11BrClNO4S/c15-11-7-12-13(21-5-4-20-12)8-14(11)22(18,19)17-10-3-1-2-9(16)6-10/h1-3,6-8,17H,4-5H2. The second kappa shape index (κ2) is 5.98. The van der Waals surface area contributed by atoms with E-state index in [9.17, 15) is 8.42 Å². The van der Waals surface area contributed by atoms with Crippen LogP contribution in [0.5, 0.6) is 11.5 Å². The molecule has 0 fully saturated rings. The van der Waals surface area contributed by atoms with Crippen molar-refractivity contribution >= 4 is 43.2 Å². The highest BCUT2D eigenvalue weighted by Gasteiger charge is 2.23. The molecule has 8 heteroatoms. The number of fused-ring (bicyclic) bond motifs is 1. The third-order valence-electron chi connectivity index (χ3n) is 2.96. The number of nitrogens with one attached hydrogen (secondary N) is 1. The maximum absolute atomic E-state index is 12.5. The molecule has 1 aliphatic heterocycles. The minimum Gasteiger partial charge on any atom is -0.486 e. The van der Waals surface area contributed by atoms with Crippen LogP contribution in [0.4, 0.5) is 5.69 Å². The second-order valence-electron chi connectivity index (χ2n) is 4.54. The highest BCUT2D eigenvalue weighted by atomic mass is 79.9. The van der Waals surface area contributed by atoms with Crippen LogP contribution in [-0.4, -0.2) is 21.6 Å². The van der Waals surface area contributed by atoms with Crippen LogP contribution in [0.2, 0.25) is 5.02 Å². The number of ether oxygens (including phenoxy) is 2. The number of rotatable bonds is 3. The van der Waals surface area contributed by atoms with E-state index in [1.54, 1.807) is 24.3 Å². The first-order valence-corrected chi connectivity index (χ1v) is 8.99. The van der Waals surface area contributed by atoms with Crippen molar-refractivity contribution < 1.29 is 17.9 Å². The highest BCUT2D eigenvalue weighted by molar-refractivity contribution is 9.10. The summed E-state index contributed by atoms with van der Waals surface area (Å²) < 4.78 is 38.8. The average Bonchev–Trinajstić information content (AvgIpc) is 2.46. The van der Waals surface area contributed by atoms with Crippen molar-refractivity contribution in [1.82, 2.24) is 0 Å². The van der Waals surface area contributed by atoms with Crippen LogP contribution in [0.3, 0.4) is 0 Å². The summed E-state index contributed by atoms with van der Waals surface area (Å²) in [4.78, 5) is 0.0664. The Morgan fingerprint density at radius 3 is 2.45 bits per heavy atom. The quantitative estimate of drug-likeness (QED) is 0.847. The molecule has 116 valence electrons. The fourth-order valence-electron chi connectivity index (χ4n) is 2.01. The maximum atomic E-state index is 12.5. The van der Waals surface area contributed by atoms with Gasteiger partial charge in [-0.25, -0.2) is 8.42 Å². The first-order chi connectivity index (χ1) is 10.5. The lowest BCUT2D eigenvalue weighted by atomic mass is 10.3. The molecular weight excluding hydrogens is 394 g/mol. The predicted octanol–water partition coefficient (Wildman–Crippen LogP) is 3.67. The van der Waals surface area contributed by atoms with Crippen LogP contribution in [0.15, 0.2) is 45.8 Å². The van der Waals surface area contributed by atoms with Crippen LogP contribution in [0, 0.1) is 0 Å². The Bertz CT molecular complexity index is 826. The third-order valence-corrected chi connectivity index (χ3v) is 5.54. The molecule has 22 heavy (non-hydrogen) atoms. The lowest BCUT2D eigenvalue weighted by molar-refractivity contribution is 0.171. The topological polar surface area (TPSA) is 64.6 Å². The van der Waals surface area contributed by atoms with Crippen molar-refractivity contribution in [2.45, 2.75) is 4.90 Å². The van der Waals surface area contributed by atoms with Gasteiger partial charge in [-0.1, -0.05) is 17.7 Å². The zero-order valence-corrected chi connectivity index (χ0v) is 14.3. The summed E-state index contributed by atoms with van der Waals surface area (Å²) in [6.45, 7) is 0.822. The first-order valence-electron chi connectivity index (χ1n) is 6.33. The van der Waals surface area contributed by atoms with Gasteiger partial charge >= 0.3 is 0 Å². The van der Waals surface area contributed by atoms with Crippen molar-refractivity contribution in [3.8, 4) is 11.5 Å². The largest absolute Gasteiger partial charge is 0.486 e. The van der Waals surface area contributed by atoms with Crippen molar-refractivity contribution in [2.75, 3.05) is 17.9 Å². The monoisotopic (exact) mass is 403 g/mol. The SMILES string of the molecule is O=S(=O)(Nc1cccc(Cl)c1)c1cc2c(cc1Br)OCCO2. The van der Waals surface area contributed by atoms with E-state index in [1.165, 1.54) is 12.1 Å². The van der Waals surface area contributed by atoms with Crippen molar-refractivity contribution in [1.29, 1.82) is 0 Å². The summed E-state index contributed by atoms with van der Waals surface area (Å²) in [5.74, 6) is 0.917. The number of halogens is 2. The Labute approximate surface area is 141 Å². The third kappa shape index (κ3) is 3.16. The first kappa shape index (κ1) is 15.5. The minimum absolute atomic E-state index is 0.0664. The van der Waals surface area contributed by atoms with Gasteiger partial charge in [0, 0.05) is 15.6 Å².